The Morgan fingerprint density at radius 3 is 1.91 bits per heavy atom. The maximum atomic E-state index is 10.7. The molecule has 0 aromatic heterocycles. The van der Waals surface area contributed by atoms with Crippen molar-refractivity contribution in [2.75, 3.05) is 0 Å². The van der Waals surface area contributed by atoms with Crippen molar-refractivity contribution in [3.05, 3.63) is 0 Å². The van der Waals surface area contributed by atoms with Crippen molar-refractivity contribution in [3.63, 3.8) is 0 Å². The van der Waals surface area contributed by atoms with Gasteiger partial charge in [0.25, 0.3) is 0 Å². The van der Waals surface area contributed by atoms with E-state index in [0.717, 1.165) is 6.92 Å². The molecule has 0 fully saturated rings. The van der Waals surface area contributed by atoms with E-state index >= 15 is 0 Å². The minimum absolute atomic E-state index is 0.309. The van der Waals surface area contributed by atoms with Crippen LogP contribution in [0.3, 0.4) is 0 Å². The Bertz CT molecular complexity index is 195. The van der Waals surface area contributed by atoms with E-state index in [2.05, 4.69) is 4.74 Å². The van der Waals surface area contributed by atoms with Gasteiger partial charge in [0.05, 0.1) is 0 Å². The van der Waals surface area contributed by atoms with Crippen LogP contribution in [0.5, 0.6) is 0 Å². The molecule has 0 saturated carbocycles. The summed E-state index contributed by atoms with van der Waals surface area (Å²) < 4.78 is 4.17. The number of hydrogen-bond acceptors (Lipinski definition) is 4. The molecular weight excluding hydrogens is 148 g/mol. The standard InChI is InChI=1S/C7H10O4/c1-4(5(2)8)7(10)11-6(3)9/h4H,1-3H3. The zero-order valence-electron chi connectivity index (χ0n) is 6.71. The summed E-state index contributed by atoms with van der Waals surface area (Å²) in [7, 11) is 0. The predicted molar refractivity (Wildman–Crippen MR) is 36.6 cm³/mol. The van der Waals surface area contributed by atoms with E-state index in [1.54, 1.807) is 0 Å². The first-order valence-electron chi connectivity index (χ1n) is 3.18. The molecule has 0 aliphatic rings. The van der Waals surface area contributed by atoms with E-state index in [0.29, 0.717) is 0 Å². The molecule has 0 heterocycles. The predicted octanol–water partition coefficient (Wildman–Crippen LogP) is 0.301. The fraction of sp³-hybridized carbons (Fsp3) is 0.571. The quantitative estimate of drug-likeness (QED) is 0.428. The number of ketones is 1. The van der Waals surface area contributed by atoms with Crippen molar-refractivity contribution >= 4 is 17.7 Å². The molecule has 0 aromatic carbocycles. The Balaban J connectivity index is 4.04. The molecule has 0 N–H and O–H groups in total. The van der Waals surface area contributed by atoms with Crippen LogP contribution in [0, 0.1) is 5.92 Å². The number of carbonyl (C=O) groups is 3. The Labute approximate surface area is 64.5 Å². The van der Waals surface area contributed by atoms with Crippen LogP contribution in [0.4, 0.5) is 0 Å². The highest BCUT2D eigenvalue weighted by atomic mass is 16.6. The average molecular weight is 158 g/mol. The van der Waals surface area contributed by atoms with Gasteiger partial charge in [-0.05, 0) is 13.8 Å². The third kappa shape index (κ3) is 3.50. The first kappa shape index (κ1) is 9.81. The van der Waals surface area contributed by atoms with Gasteiger partial charge in [0.1, 0.15) is 11.7 Å². The van der Waals surface area contributed by atoms with E-state index in [1.807, 2.05) is 0 Å². The summed E-state index contributed by atoms with van der Waals surface area (Å²) in [6.45, 7) is 3.78. The monoisotopic (exact) mass is 158 g/mol. The van der Waals surface area contributed by atoms with Gasteiger partial charge in [0.2, 0.25) is 0 Å². The minimum atomic E-state index is -0.848. The smallest absolute Gasteiger partial charge is 0.323 e. The van der Waals surface area contributed by atoms with E-state index in [9.17, 15) is 14.4 Å². The lowest BCUT2D eigenvalue weighted by Crippen LogP contribution is -2.22. The molecule has 0 aliphatic carbocycles. The maximum absolute atomic E-state index is 10.7. The highest BCUT2D eigenvalue weighted by Crippen LogP contribution is 1.99. The molecule has 1 atom stereocenters. The zero-order chi connectivity index (χ0) is 9.02. The van der Waals surface area contributed by atoms with Crippen LogP contribution in [-0.2, 0) is 19.1 Å². The van der Waals surface area contributed by atoms with Gasteiger partial charge in [0, 0.05) is 6.92 Å². The van der Waals surface area contributed by atoms with Crippen LogP contribution in [0.15, 0.2) is 0 Å². The Morgan fingerprint density at radius 1 is 1.18 bits per heavy atom. The second-order valence-electron chi connectivity index (χ2n) is 2.25. The normalized spacial score (nSPS) is 11.9. The Morgan fingerprint density at radius 2 is 1.64 bits per heavy atom. The molecule has 0 spiro atoms. The second kappa shape index (κ2) is 3.85. The molecule has 4 nitrogen and oxygen atoms in total. The summed E-state index contributed by atoms with van der Waals surface area (Å²) in [4.78, 5) is 31.5. The van der Waals surface area contributed by atoms with Crippen molar-refractivity contribution in [2.45, 2.75) is 20.8 Å². The third-order valence-electron chi connectivity index (χ3n) is 1.21. The van der Waals surface area contributed by atoms with Gasteiger partial charge in [-0.1, -0.05) is 0 Å². The summed E-state index contributed by atoms with van der Waals surface area (Å²) >= 11 is 0. The zero-order valence-corrected chi connectivity index (χ0v) is 6.71. The molecule has 0 saturated heterocycles. The Kier molecular flexibility index (Phi) is 3.44. The van der Waals surface area contributed by atoms with Crippen LogP contribution in [0.25, 0.3) is 0 Å². The van der Waals surface area contributed by atoms with Crippen LogP contribution in [0.1, 0.15) is 20.8 Å². The highest BCUT2D eigenvalue weighted by Gasteiger charge is 2.20. The number of esters is 2. The molecule has 11 heavy (non-hydrogen) atoms. The van der Waals surface area contributed by atoms with Gasteiger partial charge < -0.3 is 4.74 Å². The molecule has 62 valence electrons. The van der Waals surface area contributed by atoms with Crippen molar-refractivity contribution in [1.29, 1.82) is 0 Å². The molecule has 0 rings (SSSR count). The van der Waals surface area contributed by atoms with Gasteiger partial charge in [-0.25, -0.2) is 0 Å². The molecule has 1 unspecified atom stereocenters. The van der Waals surface area contributed by atoms with Gasteiger partial charge in [-0.15, -0.1) is 0 Å². The van der Waals surface area contributed by atoms with E-state index in [1.165, 1.54) is 13.8 Å². The minimum Gasteiger partial charge on any atom is -0.393 e. The maximum Gasteiger partial charge on any atom is 0.323 e. The number of rotatable bonds is 2. The summed E-state index contributed by atoms with van der Waals surface area (Å²) in [5, 5.41) is 0. The number of hydrogen-bond donors (Lipinski definition) is 0. The van der Waals surface area contributed by atoms with Crippen molar-refractivity contribution < 1.29 is 19.1 Å². The molecule has 0 radical (unpaired) electrons. The van der Waals surface area contributed by atoms with E-state index in [-0.39, 0.29) is 5.78 Å². The van der Waals surface area contributed by atoms with Crippen LogP contribution in [0.2, 0.25) is 0 Å². The average Bonchev–Trinajstić information content (AvgIpc) is 1.84. The van der Waals surface area contributed by atoms with Crippen molar-refractivity contribution in [3.8, 4) is 0 Å². The first-order chi connectivity index (χ1) is 4.95. The van der Waals surface area contributed by atoms with Gasteiger partial charge in [-0.3, -0.25) is 14.4 Å². The van der Waals surface area contributed by atoms with E-state index < -0.39 is 17.9 Å². The fourth-order valence-electron chi connectivity index (χ4n) is 0.396. The summed E-state index contributed by atoms with van der Waals surface area (Å²) in [5.41, 5.74) is 0. The topological polar surface area (TPSA) is 60.4 Å². The lowest BCUT2D eigenvalue weighted by molar-refractivity contribution is -0.161. The molecular formula is C7H10O4. The number of carbonyl (C=O) groups excluding carboxylic acids is 3. The lowest BCUT2D eigenvalue weighted by atomic mass is 10.1. The molecule has 4 heteroatoms. The summed E-state index contributed by atoms with van der Waals surface area (Å²) in [5.74, 6) is -2.64. The first-order valence-corrected chi connectivity index (χ1v) is 3.18. The van der Waals surface area contributed by atoms with Crippen LogP contribution in [-0.4, -0.2) is 17.7 Å². The molecule has 0 bridgehead atoms. The summed E-state index contributed by atoms with van der Waals surface area (Å²) in [6, 6.07) is 0. The largest absolute Gasteiger partial charge is 0.393 e. The second-order valence-corrected chi connectivity index (χ2v) is 2.25. The van der Waals surface area contributed by atoms with E-state index in [4.69, 9.17) is 0 Å². The molecule has 0 amide bonds. The molecule has 0 aliphatic heterocycles. The van der Waals surface area contributed by atoms with Crippen LogP contribution < -0.4 is 0 Å². The SMILES string of the molecule is CC(=O)OC(=O)C(C)C(C)=O. The summed E-state index contributed by atoms with van der Waals surface area (Å²) in [6.07, 6.45) is 0. The van der Waals surface area contributed by atoms with Crippen molar-refractivity contribution in [2.24, 2.45) is 5.92 Å². The number of Topliss-reactive ketones (excluding diaryl/α,β-unsaturated/α-hetero) is 1. The third-order valence-corrected chi connectivity index (χ3v) is 1.21. The van der Waals surface area contributed by atoms with Crippen LogP contribution >= 0.6 is 0 Å². The number of ether oxygens (including phenoxy) is 1. The lowest BCUT2D eigenvalue weighted by Gasteiger charge is -2.03. The highest BCUT2D eigenvalue weighted by molar-refractivity contribution is 6.00. The van der Waals surface area contributed by atoms with Crippen molar-refractivity contribution in [1.82, 2.24) is 0 Å². The van der Waals surface area contributed by atoms with Gasteiger partial charge >= 0.3 is 11.9 Å². The van der Waals surface area contributed by atoms with Gasteiger partial charge in [0.15, 0.2) is 0 Å². The Hall–Kier alpha value is -1.19. The van der Waals surface area contributed by atoms with Gasteiger partial charge in [-0.2, -0.15) is 0 Å². The fourth-order valence-corrected chi connectivity index (χ4v) is 0.396. The molecule has 0 aromatic rings.